The summed E-state index contributed by atoms with van der Waals surface area (Å²) in [6, 6.07) is 21.3. The van der Waals surface area contributed by atoms with Crippen molar-refractivity contribution in [2.45, 2.75) is 19.6 Å². The van der Waals surface area contributed by atoms with Crippen LogP contribution in [0.3, 0.4) is 0 Å². The maximum Gasteiger partial charge on any atom is 0.133 e. The van der Waals surface area contributed by atoms with Gasteiger partial charge in [0.25, 0.3) is 0 Å². The van der Waals surface area contributed by atoms with Crippen LogP contribution in [-0.2, 0) is 19.6 Å². The van der Waals surface area contributed by atoms with Gasteiger partial charge >= 0.3 is 0 Å². The van der Waals surface area contributed by atoms with Crippen LogP contribution in [0.1, 0.15) is 16.7 Å². The van der Waals surface area contributed by atoms with Gasteiger partial charge in [-0.15, -0.1) is 0 Å². The van der Waals surface area contributed by atoms with Gasteiger partial charge in [-0.05, 0) is 34.9 Å². The zero-order valence-electron chi connectivity index (χ0n) is 11.8. The van der Waals surface area contributed by atoms with Gasteiger partial charge in [-0.1, -0.05) is 42.5 Å². The van der Waals surface area contributed by atoms with Crippen LogP contribution < -0.4 is 0 Å². The van der Waals surface area contributed by atoms with E-state index in [0.717, 1.165) is 25.4 Å². The second-order valence-corrected chi connectivity index (χ2v) is 5.59. The summed E-state index contributed by atoms with van der Waals surface area (Å²) in [5.41, 5.74) is 5.39. The molecule has 0 atom stereocenters. The van der Waals surface area contributed by atoms with Crippen molar-refractivity contribution in [3.8, 4) is 11.3 Å². The Kier molecular flexibility index (Phi) is 3.09. The number of rotatable bonds is 3. The van der Waals surface area contributed by atoms with Gasteiger partial charge in [0, 0.05) is 25.2 Å². The van der Waals surface area contributed by atoms with Crippen LogP contribution >= 0.6 is 0 Å². The predicted octanol–water partition coefficient (Wildman–Crippen LogP) is 4.46. The molecule has 1 aromatic heterocycles. The monoisotopic (exact) mass is 275 g/mol. The highest BCUT2D eigenvalue weighted by Gasteiger charge is 2.19. The standard InChI is InChI=1S/C19H17NO/c1-2-5-15(6-3-1)12-20-13-17-9-8-16(11-18(17)14-20)19-7-4-10-21-19/h1-11H,12-14H2. The van der Waals surface area contributed by atoms with Crippen LogP contribution in [-0.4, -0.2) is 4.90 Å². The Labute approximate surface area is 124 Å². The van der Waals surface area contributed by atoms with Crippen molar-refractivity contribution < 1.29 is 4.42 Å². The van der Waals surface area contributed by atoms with Gasteiger partial charge in [0.1, 0.15) is 5.76 Å². The minimum Gasteiger partial charge on any atom is -0.464 e. The van der Waals surface area contributed by atoms with E-state index in [1.54, 1.807) is 6.26 Å². The summed E-state index contributed by atoms with van der Waals surface area (Å²) in [7, 11) is 0. The van der Waals surface area contributed by atoms with E-state index in [0.29, 0.717) is 0 Å². The third kappa shape index (κ3) is 2.50. The van der Waals surface area contributed by atoms with E-state index in [-0.39, 0.29) is 0 Å². The molecular formula is C19H17NO. The van der Waals surface area contributed by atoms with Gasteiger partial charge in [-0.25, -0.2) is 0 Å². The molecule has 104 valence electrons. The van der Waals surface area contributed by atoms with Crippen molar-refractivity contribution in [2.24, 2.45) is 0 Å². The molecule has 21 heavy (non-hydrogen) atoms. The van der Waals surface area contributed by atoms with Crippen LogP contribution in [0.15, 0.2) is 71.3 Å². The Balaban J connectivity index is 1.54. The third-order valence-electron chi connectivity index (χ3n) is 4.05. The van der Waals surface area contributed by atoms with Crippen LogP contribution in [0.4, 0.5) is 0 Å². The lowest BCUT2D eigenvalue weighted by atomic mass is 10.1. The largest absolute Gasteiger partial charge is 0.464 e. The van der Waals surface area contributed by atoms with Gasteiger partial charge in [0.05, 0.1) is 6.26 Å². The van der Waals surface area contributed by atoms with Gasteiger partial charge in [0.2, 0.25) is 0 Å². The molecule has 0 N–H and O–H groups in total. The molecule has 3 aromatic rings. The smallest absolute Gasteiger partial charge is 0.133 e. The van der Waals surface area contributed by atoms with E-state index in [4.69, 9.17) is 4.42 Å². The summed E-state index contributed by atoms with van der Waals surface area (Å²) in [6.07, 6.45) is 1.73. The molecule has 4 rings (SSSR count). The highest BCUT2D eigenvalue weighted by molar-refractivity contribution is 5.59. The van der Waals surface area contributed by atoms with Crippen LogP contribution in [0.5, 0.6) is 0 Å². The Morgan fingerprint density at radius 2 is 1.71 bits per heavy atom. The normalized spacial score (nSPS) is 14.3. The Morgan fingerprint density at radius 3 is 2.52 bits per heavy atom. The summed E-state index contributed by atoms with van der Waals surface area (Å²) >= 11 is 0. The average molecular weight is 275 g/mol. The average Bonchev–Trinajstić information content (AvgIpc) is 3.16. The SMILES string of the molecule is c1ccc(CN2Cc3ccc(-c4ccco4)cc3C2)cc1. The van der Waals surface area contributed by atoms with E-state index >= 15 is 0 Å². The van der Waals surface area contributed by atoms with Crippen molar-refractivity contribution in [3.63, 3.8) is 0 Å². The summed E-state index contributed by atoms with van der Waals surface area (Å²) in [5.74, 6) is 0.944. The Bertz CT molecular complexity index is 732. The molecular weight excluding hydrogens is 258 g/mol. The molecule has 0 unspecified atom stereocenters. The van der Waals surface area contributed by atoms with Crippen LogP contribution in [0.25, 0.3) is 11.3 Å². The lowest BCUT2D eigenvalue weighted by Gasteiger charge is -2.14. The number of furan rings is 1. The lowest BCUT2D eigenvalue weighted by molar-refractivity contribution is 0.275. The van der Waals surface area contributed by atoms with Gasteiger partial charge in [-0.3, -0.25) is 4.90 Å². The first-order chi connectivity index (χ1) is 10.4. The molecule has 1 aliphatic rings. The van der Waals surface area contributed by atoms with Crippen LogP contribution in [0.2, 0.25) is 0 Å². The van der Waals surface area contributed by atoms with Gasteiger partial charge in [-0.2, -0.15) is 0 Å². The molecule has 0 aliphatic carbocycles. The zero-order valence-corrected chi connectivity index (χ0v) is 11.8. The molecule has 1 aliphatic heterocycles. The van der Waals surface area contributed by atoms with Crippen LogP contribution in [0, 0.1) is 0 Å². The maximum atomic E-state index is 5.49. The number of hydrogen-bond donors (Lipinski definition) is 0. The van der Waals surface area contributed by atoms with Crippen molar-refractivity contribution in [2.75, 3.05) is 0 Å². The second kappa shape index (κ2) is 5.23. The molecule has 0 bridgehead atoms. The highest BCUT2D eigenvalue weighted by atomic mass is 16.3. The van der Waals surface area contributed by atoms with Crippen molar-refractivity contribution in [1.29, 1.82) is 0 Å². The minimum absolute atomic E-state index is 0.944. The maximum absolute atomic E-state index is 5.49. The van der Waals surface area contributed by atoms with Crippen molar-refractivity contribution >= 4 is 0 Å². The van der Waals surface area contributed by atoms with E-state index in [9.17, 15) is 0 Å². The van der Waals surface area contributed by atoms with E-state index in [1.807, 2.05) is 12.1 Å². The number of nitrogens with zero attached hydrogens (tertiary/aromatic N) is 1. The van der Waals surface area contributed by atoms with E-state index < -0.39 is 0 Å². The number of benzene rings is 2. The molecule has 0 saturated heterocycles. The summed E-state index contributed by atoms with van der Waals surface area (Å²) in [6.45, 7) is 3.05. The molecule has 0 amide bonds. The summed E-state index contributed by atoms with van der Waals surface area (Å²) < 4.78 is 5.49. The third-order valence-corrected chi connectivity index (χ3v) is 4.05. The molecule has 0 saturated carbocycles. The molecule has 2 heteroatoms. The Morgan fingerprint density at radius 1 is 0.857 bits per heavy atom. The first kappa shape index (κ1) is 12.4. The summed E-state index contributed by atoms with van der Waals surface area (Å²) in [4.78, 5) is 2.48. The fourth-order valence-corrected chi connectivity index (χ4v) is 3.01. The van der Waals surface area contributed by atoms with Gasteiger partial charge in [0.15, 0.2) is 0 Å². The molecule has 2 nitrogen and oxygen atoms in total. The molecule has 2 aromatic carbocycles. The first-order valence-corrected chi connectivity index (χ1v) is 7.30. The fraction of sp³-hybridized carbons (Fsp3) is 0.158. The topological polar surface area (TPSA) is 16.4 Å². The molecule has 0 fully saturated rings. The highest BCUT2D eigenvalue weighted by Crippen LogP contribution is 2.29. The molecule has 0 radical (unpaired) electrons. The Hall–Kier alpha value is -2.32. The minimum atomic E-state index is 0.944. The van der Waals surface area contributed by atoms with E-state index in [2.05, 4.69) is 53.4 Å². The number of hydrogen-bond acceptors (Lipinski definition) is 2. The van der Waals surface area contributed by atoms with Gasteiger partial charge < -0.3 is 4.42 Å². The zero-order chi connectivity index (χ0) is 14.1. The van der Waals surface area contributed by atoms with E-state index in [1.165, 1.54) is 22.3 Å². The number of fused-ring (bicyclic) bond motifs is 1. The molecule has 2 heterocycles. The summed E-state index contributed by atoms with van der Waals surface area (Å²) in [5, 5.41) is 0. The lowest BCUT2D eigenvalue weighted by Crippen LogP contribution is -2.15. The fourth-order valence-electron chi connectivity index (χ4n) is 3.01. The van der Waals surface area contributed by atoms with Crippen molar-refractivity contribution in [1.82, 2.24) is 4.90 Å². The van der Waals surface area contributed by atoms with Crippen molar-refractivity contribution in [3.05, 3.63) is 83.6 Å². The second-order valence-electron chi connectivity index (χ2n) is 5.59. The predicted molar refractivity (Wildman–Crippen MR) is 83.5 cm³/mol. The molecule has 0 spiro atoms. The first-order valence-electron chi connectivity index (χ1n) is 7.30. The quantitative estimate of drug-likeness (QED) is 0.701.